The van der Waals surface area contributed by atoms with Gasteiger partial charge in [0.15, 0.2) is 0 Å². The van der Waals surface area contributed by atoms with Gasteiger partial charge < -0.3 is 9.47 Å². The van der Waals surface area contributed by atoms with Gasteiger partial charge in [0, 0.05) is 6.61 Å². The second-order valence-corrected chi connectivity index (χ2v) is 7.29. The molecule has 0 aliphatic carbocycles. The molecule has 0 aromatic rings. The molecule has 0 N–H and O–H groups in total. The molecule has 0 saturated carbocycles. The Kier molecular flexibility index (Phi) is 22.8. The first-order chi connectivity index (χ1) is 11.4. The summed E-state index contributed by atoms with van der Waals surface area (Å²) < 4.78 is 12.2. The van der Waals surface area contributed by atoms with Gasteiger partial charge in [-0.05, 0) is 36.5 Å². The van der Waals surface area contributed by atoms with Crippen molar-refractivity contribution in [3.05, 3.63) is 12.2 Å². The number of hydrogen-bond donors (Lipinski definition) is 0. The lowest BCUT2D eigenvalue weighted by Crippen LogP contribution is -2.02. The largest absolute Gasteiger partial charge is 0.355 e. The molecule has 0 aromatic carbocycles. The van der Waals surface area contributed by atoms with Gasteiger partial charge in [0.25, 0.3) is 0 Å². The highest BCUT2D eigenvalue weighted by atomic mass is 127. The third-order valence-corrected chi connectivity index (χ3v) is 4.67. The van der Waals surface area contributed by atoms with Crippen LogP contribution in [0.15, 0.2) is 12.2 Å². The number of ether oxygens (including phenoxy) is 2. The molecule has 138 valence electrons. The van der Waals surface area contributed by atoms with E-state index in [1.807, 2.05) is 0 Å². The summed E-state index contributed by atoms with van der Waals surface area (Å²) in [6.45, 7) is 4.33. The standard InChI is InChI=1S/C20H39IO2/c1-2-3-4-12-15-18-22-20-23-19-16-13-10-8-6-5-7-9-11-14-17-21/h10,13H,2-9,11-12,14-20H2,1H3. The molecular weight excluding hydrogens is 399 g/mol. The highest BCUT2D eigenvalue weighted by Gasteiger charge is 1.91. The van der Waals surface area contributed by atoms with E-state index in [1.54, 1.807) is 0 Å². The highest BCUT2D eigenvalue weighted by molar-refractivity contribution is 14.1. The number of rotatable bonds is 19. The van der Waals surface area contributed by atoms with Crippen LogP contribution in [-0.4, -0.2) is 24.4 Å². The normalized spacial score (nSPS) is 11.6. The Balaban J connectivity index is 3.03. The Morgan fingerprint density at radius 3 is 2.04 bits per heavy atom. The van der Waals surface area contributed by atoms with Crippen molar-refractivity contribution in [2.45, 2.75) is 90.4 Å². The fraction of sp³-hybridized carbons (Fsp3) is 0.900. The van der Waals surface area contributed by atoms with Gasteiger partial charge in [-0.25, -0.2) is 0 Å². The zero-order valence-electron chi connectivity index (χ0n) is 15.4. The maximum atomic E-state index is 5.47. The third-order valence-electron chi connectivity index (χ3n) is 3.91. The molecule has 0 unspecified atom stereocenters. The van der Waals surface area contributed by atoms with Crippen LogP contribution in [-0.2, 0) is 9.47 Å². The fourth-order valence-corrected chi connectivity index (χ4v) is 2.97. The Morgan fingerprint density at radius 1 is 0.652 bits per heavy atom. The third kappa shape index (κ3) is 22.4. The summed E-state index contributed by atoms with van der Waals surface area (Å²) in [4.78, 5) is 0. The molecule has 0 rings (SSSR count). The molecule has 23 heavy (non-hydrogen) atoms. The van der Waals surface area contributed by atoms with Crippen molar-refractivity contribution in [1.29, 1.82) is 0 Å². The number of alkyl halides is 1. The first-order valence-corrected chi connectivity index (χ1v) is 11.3. The Hall–Kier alpha value is 0.390. The van der Waals surface area contributed by atoms with Gasteiger partial charge in [-0.3, -0.25) is 0 Å². The zero-order chi connectivity index (χ0) is 16.8. The molecule has 0 heterocycles. The molecule has 3 heteroatoms. The topological polar surface area (TPSA) is 18.5 Å². The minimum atomic E-state index is 0.457. The van der Waals surface area contributed by atoms with Crippen molar-refractivity contribution in [3.63, 3.8) is 0 Å². The summed E-state index contributed by atoms with van der Waals surface area (Å²) in [6, 6.07) is 0. The van der Waals surface area contributed by atoms with Gasteiger partial charge in [0.05, 0.1) is 6.61 Å². The highest BCUT2D eigenvalue weighted by Crippen LogP contribution is 2.08. The maximum absolute atomic E-state index is 5.47. The SMILES string of the molecule is CCCCCCCOCOCCC=CCCCCCCCCI. The van der Waals surface area contributed by atoms with Crippen molar-refractivity contribution in [1.82, 2.24) is 0 Å². The zero-order valence-corrected chi connectivity index (χ0v) is 17.5. The predicted molar refractivity (Wildman–Crippen MR) is 110 cm³/mol. The second-order valence-electron chi connectivity index (χ2n) is 6.21. The van der Waals surface area contributed by atoms with Crippen LogP contribution in [0.2, 0.25) is 0 Å². The summed E-state index contributed by atoms with van der Waals surface area (Å²) in [5.74, 6) is 0. The van der Waals surface area contributed by atoms with E-state index < -0.39 is 0 Å². The van der Waals surface area contributed by atoms with Crippen molar-refractivity contribution in [3.8, 4) is 0 Å². The molecular formula is C20H39IO2. The molecule has 0 saturated heterocycles. The first kappa shape index (κ1) is 23.4. The van der Waals surface area contributed by atoms with Crippen molar-refractivity contribution in [2.24, 2.45) is 0 Å². The molecule has 2 nitrogen and oxygen atoms in total. The van der Waals surface area contributed by atoms with E-state index in [9.17, 15) is 0 Å². The number of allylic oxidation sites excluding steroid dienone is 1. The Morgan fingerprint density at radius 2 is 1.26 bits per heavy atom. The van der Waals surface area contributed by atoms with Gasteiger partial charge in [-0.15, -0.1) is 0 Å². The molecule has 0 aromatic heterocycles. The number of halogens is 1. The van der Waals surface area contributed by atoms with Crippen LogP contribution in [0, 0.1) is 0 Å². The van der Waals surface area contributed by atoms with E-state index in [4.69, 9.17) is 9.47 Å². The summed E-state index contributed by atoms with van der Waals surface area (Å²) in [5, 5.41) is 0. The summed E-state index contributed by atoms with van der Waals surface area (Å²) in [7, 11) is 0. The lowest BCUT2D eigenvalue weighted by atomic mass is 10.1. The van der Waals surface area contributed by atoms with Crippen LogP contribution in [0.25, 0.3) is 0 Å². The van der Waals surface area contributed by atoms with E-state index >= 15 is 0 Å². The molecule has 0 radical (unpaired) electrons. The van der Waals surface area contributed by atoms with E-state index in [-0.39, 0.29) is 0 Å². The molecule has 0 bridgehead atoms. The number of unbranched alkanes of at least 4 members (excludes halogenated alkanes) is 10. The average Bonchev–Trinajstić information content (AvgIpc) is 2.57. The molecule has 0 aliphatic rings. The van der Waals surface area contributed by atoms with E-state index in [0.717, 1.165) is 19.6 Å². The van der Waals surface area contributed by atoms with Gasteiger partial charge >= 0.3 is 0 Å². The minimum Gasteiger partial charge on any atom is -0.355 e. The lowest BCUT2D eigenvalue weighted by molar-refractivity contribution is -0.0531. The maximum Gasteiger partial charge on any atom is 0.146 e. The summed E-state index contributed by atoms with van der Waals surface area (Å²) in [5.41, 5.74) is 0. The van der Waals surface area contributed by atoms with Crippen LogP contribution in [0.1, 0.15) is 90.4 Å². The molecule has 0 atom stereocenters. The van der Waals surface area contributed by atoms with Crippen LogP contribution in [0.5, 0.6) is 0 Å². The molecule has 0 aliphatic heterocycles. The second kappa shape index (κ2) is 22.4. The molecule has 0 amide bonds. The molecule has 0 spiro atoms. The van der Waals surface area contributed by atoms with Crippen molar-refractivity contribution in [2.75, 3.05) is 24.4 Å². The van der Waals surface area contributed by atoms with Gasteiger partial charge in [-0.2, -0.15) is 0 Å². The molecule has 0 fully saturated rings. The van der Waals surface area contributed by atoms with Gasteiger partial charge in [0.2, 0.25) is 0 Å². The van der Waals surface area contributed by atoms with E-state index in [1.165, 1.54) is 81.5 Å². The monoisotopic (exact) mass is 438 g/mol. The average molecular weight is 438 g/mol. The van der Waals surface area contributed by atoms with Gasteiger partial charge in [-0.1, -0.05) is 93.0 Å². The summed E-state index contributed by atoms with van der Waals surface area (Å²) >= 11 is 2.47. The summed E-state index contributed by atoms with van der Waals surface area (Å²) in [6.07, 6.45) is 21.6. The first-order valence-electron chi connectivity index (χ1n) is 9.78. The van der Waals surface area contributed by atoms with Crippen LogP contribution in [0.3, 0.4) is 0 Å². The van der Waals surface area contributed by atoms with Gasteiger partial charge in [0.1, 0.15) is 6.79 Å². The van der Waals surface area contributed by atoms with Crippen LogP contribution < -0.4 is 0 Å². The lowest BCUT2D eigenvalue weighted by Gasteiger charge is -2.04. The fourth-order valence-electron chi connectivity index (χ4n) is 2.44. The van der Waals surface area contributed by atoms with Crippen LogP contribution >= 0.6 is 22.6 Å². The predicted octanol–water partition coefficient (Wildman–Crippen LogP) is 7.06. The minimum absolute atomic E-state index is 0.457. The van der Waals surface area contributed by atoms with E-state index in [0.29, 0.717) is 6.79 Å². The Labute approximate surface area is 158 Å². The smallest absolute Gasteiger partial charge is 0.146 e. The van der Waals surface area contributed by atoms with Crippen molar-refractivity contribution >= 4 is 22.6 Å². The quantitative estimate of drug-likeness (QED) is 0.0707. The van der Waals surface area contributed by atoms with Crippen molar-refractivity contribution < 1.29 is 9.47 Å². The Bertz CT molecular complexity index is 232. The number of hydrogen-bond acceptors (Lipinski definition) is 2. The van der Waals surface area contributed by atoms with E-state index in [2.05, 4.69) is 41.7 Å². The van der Waals surface area contributed by atoms with Crippen LogP contribution in [0.4, 0.5) is 0 Å².